The van der Waals surface area contributed by atoms with Gasteiger partial charge in [0.25, 0.3) is 0 Å². The Labute approximate surface area is 340 Å². The second kappa shape index (κ2) is 15.9. The monoisotopic (exact) mass is 825 g/mol. The molecule has 14 heteroatoms. The van der Waals surface area contributed by atoms with Crippen molar-refractivity contribution in [3.63, 3.8) is 0 Å². The van der Waals surface area contributed by atoms with Crippen LogP contribution in [0.25, 0.3) is 10.9 Å². The van der Waals surface area contributed by atoms with Crippen molar-refractivity contribution >= 4 is 44.5 Å². The highest BCUT2D eigenvalue weighted by Gasteiger charge is 2.63. The maximum atomic E-state index is 14.8. The van der Waals surface area contributed by atoms with Gasteiger partial charge >= 0.3 is 5.97 Å². The number of ether oxygens (including phenoxy) is 2. The highest BCUT2D eigenvalue weighted by Crippen LogP contribution is 2.58. The molecule has 3 aliphatic heterocycles. The van der Waals surface area contributed by atoms with E-state index in [4.69, 9.17) is 9.47 Å². The molecular weight excluding hydrogens is 769 g/mol. The molecule has 0 unspecified atom stereocenters. The Hall–Kier alpha value is -3.94. The molecule has 58 heavy (non-hydrogen) atoms. The van der Waals surface area contributed by atoms with E-state index >= 15 is 0 Å². The lowest BCUT2D eigenvalue weighted by molar-refractivity contribution is -0.151. The summed E-state index contributed by atoms with van der Waals surface area (Å²) in [4.78, 5) is 63.0. The van der Waals surface area contributed by atoms with Crippen LogP contribution in [-0.4, -0.2) is 71.4 Å². The van der Waals surface area contributed by atoms with Crippen molar-refractivity contribution in [2.24, 2.45) is 23.2 Å². The second-order valence-corrected chi connectivity index (χ2v) is 20.3. The summed E-state index contributed by atoms with van der Waals surface area (Å²) in [6, 6.07) is 1.16. The molecule has 316 valence electrons. The minimum atomic E-state index is -3.97. The van der Waals surface area contributed by atoms with Crippen LogP contribution in [0.15, 0.2) is 24.3 Å². The average molecular weight is 826 g/mol. The summed E-state index contributed by atoms with van der Waals surface area (Å²) in [5.41, 5.74) is -0.921. The van der Waals surface area contributed by atoms with Crippen molar-refractivity contribution in [3.8, 4) is 5.75 Å². The van der Waals surface area contributed by atoms with Crippen LogP contribution in [-0.2, 0) is 40.4 Å². The molecule has 11 nitrogen and oxygen atoms in total. The molecule has 2 amide bonds. The predicted molar refractivity (Wildman–Crippen MR) is 213 cm³/mol. The quantitative estimate of drug-likeness (QED) is 0.224. The number of halogens is 2. The van der Waals surface area contributed by atoms with Gasteiger partial charge in [0, 0.05) is 35.8 Å². The van der Waals surface area contributed by atoms with E-state index in [2.05, 4.69) is 9.71 Å². The fourth-order valence-corrected chi connectivity index (χ4v) is 11.1. The highest BCUT2D eigenvalue weighted by atomic mass is 32.2. The Bertz CT molecular complexity index is 2130. The summed E-state index contributed by atoms with van der Waals surface area (Å²) >= 11 is 0. The molecule has 4 heterocycles. The molecule has 3 saturated carbocycles. The Morgan fingerprint density at radius 3 is 2.48 bits per heavy atom. The minimum absolute atomic E-state index is 0. The third-order valence-corrected chi connectivity index (χ3v) is 16.0. The van der Waals surface area contributed by atoms with Gasteiger partial charge in [-0.25, -0.2) is 22.2 Å². The molecular formula is C44H57F2N3O8S. The maximum absolute atomic E-state index is 14.8. The number of aromatic nitrogens is 1. The first-order valence-electron chi connectivity index (χ1n) is 20.8. The Kier molecular flexibility index (Phi) is 11.6. The van der Waals surface area contributed by atoms with Gasteiger partial charge in [-0.05, 0) is 96.0 Å². The number of ketones is 1. The molecule has 8 rings (SSSR count). The maximum Gasteiger partial charge on any atom is 0.306 e. The first-order valence-corrected chi connectivity index (χ1v) is 22.3. The first kappa shape index (κ1) is 42.2. The van der Waals surface area contributed by atoms with Crippen LogP contribution in [0, 0.1) is 41.7 Å². The van der Waals surface area contributed by atoms with Gasteiger partial charge in [0.1, 0.15) is 11.4 Å². The summed E-state index contributed by atoms with van der Waals surface area (Å²) in [5.74, 6) is -4.25. The predicted octanol–water partition coefficient (Wildman–Crippen LogP) is 7.35. The number of pyridine rings is 1. The first-order chi connectivity index (χ1) is 27.1. The summed E-state index contributed by atoms with van der Waals surface area (Å²) in [7, 11) is -3.97. The number of hydrogen-bond acceptors (Lipinski definition) is 9. The zero-order valence-electron chi connectivity index (χ0n) is 32.9. The van der Waals surface area contributed by atoms with Crippen molar-refractivity contribution in [1.82, 2.24) is 14.6 Å². The highest BCUT2D eigenvalue weighted by molar-refractivity contribution is 7.91. The Balaban J connectivity index is 0.00000512. The van der Waals surface area contributed by atoms with Crippen molar-refractivity contribution in [1.29, 1.82) is 0 Å². The smallest absolute Gasteiger partial charge is 0.306 e. The van der Waals surface area contributed by atoms with Gasteiger partial charge in [-0.2, -0.15) is 0 Å². The number of aryl methyl sites for hydroxylation is 2. The zero-order valence-corrected chi connectivity index (χ0v) is 33.7. The van der Waals surface area contributed by atoms with E-state index in [1.54, 1.807) is 13.8 Å². The average Bonchev–Trinajstić information content (AvgIpc) is 3.95. The zero-order chi connectivity index (χ0) is 40.3. The fourth-order valence-electron chi connectivity index (χ4n) is 9.80. The lowest BCUT2D eigenvalue weighted by Crippen LogP contribution is -2.48. The van der Waals surface area contributed by atoms with Crippen LogP contribution < -0.4 is 9.46 Å². The molecule has 1 aromatic heterocycles. The fraction of sp³-hybridized carbons (Fsp3) is 0.659. The van der Waals surface area contributed by atoms with E-state index in [1.165, 1.54) is 4.90 Å². The van der Waals surface area contributed by atoms with E-state index in [0.717, 1.165) is 57.1 Å². The molecule has 2 aromatic rings. The van der Waals surface area contributed by atoms with E-state index < -0.39 is 61.3 Å². The number of carbonyl (C=O) groups is 4. The van der Waals surface area contributed by atoms with Crippen molar-refractivity contribution in [2.45, 2.75) is 147 Å². The van der Waals surface area contributed by atoms with Crippen LogP contribution in [0.3, 0.4) is 0 Å². The van der Waals surface area contributed by atoms with E-state index in [9.17, 15) is 36.4 Å². The van der Waals surface area contributed by atoms with Crippen molar-refractivity contribution in [3.05, 3.63) is 47.2 Å². The number of nitrogens with one attached hydrogen (secondary N) is 1. The number of rotatable bonds is 7. The number of hydrogen-bond donors (Lipinski definition) is 1. The van der Waals surface area contributed by atoms with Crippen molar-refractivity contribution in [2.75, 3.05) is 13.2 Å². The lowest BCUT2D eigenvalue weighted by atomic mass is 9.85. The molecule has 3 aliphatic carbocycles. The van der Waals surface area contributed by atoms with Crippen LogP contribution in [0.1, 0.15) is 128 Å². The number of amides is 2. The van der Waals surface area contributed by atoms with E-state index in [0.29, 0.717) is 85.4 Å². The summed E-state index contributed by atoms with van der Waals surface area (Å²) in [6.07, 6.45) is 13.2. The number of fused-ring (bicyclic) bond motifs is 5. The number of esters is 1. The second-order valence-electron chi connectivity index (χ2n) is 18.1. The molecule has 6 aliphatic rings. The van der Waals surface area contributed by atoms with E-state index in [1.807, 2.05) is 12.2 Å². The molecule has 1 spiro atoms. The number of carbonyl (C=O) groups excluding carboxylic acids is 4. The number of nitrogens with zero attached hydrogens (tertiary/aromatic N) is 2. The molecule has 1 aromatic carbocycles. The summed E-state index contributed by atoms with van der Waals surface area (Å²) in [6.45, 7) is 3.67. The van der Waals surface area contributed by atoms with Crippen LogP contribution in [0.2, 0.25) is 0 Å². The third kappa shape index (κ3) is 8.02. The molecule has 4 fully saturated rings. The SMILES string of the molecule is C.Cc1nc2cc(F)c(F)cc2c2c1O[C@]1(CC2)C[C@H]2C(=O)C[C@]3(C(=O)NS(=O)(=O)C4(C)CC4)C[C@H]3/C=C\CCCCC[C@H](CC(=O)OCC3CCCC3)C(=O)N2C1. The van der Waals surface area contributed by atoms with Crippen LogP contribution >= 0.6 is 0 Å². The number of sulfonamides is 1. The number of allylic oxidation sites excluding steroid dienone is 2. The summed E-state index contributed by atoms with van der Waals surface area (Å²) in [5, 5.41) is 0.427. The number of benzene rings is 1. The molecule has 5 atom stereocenters. The third-order valence-electron chi connectivity index (χ3n) is 13.9. The summed E-state index contributed by atoms with van der Waals surface area (Å²) < 4.78 is 69.0. The van der Waals surface area contributed by atoms with Gasteiger partial charge in [0.2, 0.25) is 21.8 Å². The van der Waals surface area contributed by atoms with Gasteiger partial charge < -0.3 is 14.4 Å². The molecule has 0 bridgehead atoms. The van der Waals surface area contributed by atoms with Crippen LogP contribution in [0.4, 0.5) is 8.78 Å². The van der Waals surface area contributed by atoms with Gasteiger partial charge in [-0.15, -0.1) is 0 Å². The largest absolute Gasteiger partial charge is 0.483 e. The van der Waals surface area contributed by atoms with E-state index in [-0.39, 0.29) is 50.8 Å². The Morgan fingerprint density at radius 1 is 1.02 bits per heavy atom. The normalized spacial score (nSPS) is 30.2. The van der Waals surface area contributed by atoms with Gasteiger partial charge in [0.05, 0.1) is 47.0 Å². The van der Waals surface area contributed by atoms with Gasteiger partial charge in [-0.3, -0.25) is 23.9 Å². The topological polar surface area (TPSA) is 149 Å². The van der Waals surface area contributed by atoms with Crippen LogP contribution in [0.5, 0.6) is 5.75 Å². The molecule has 0 radical (unpaired) electrons. The molecule has 1 saturated heterocycles. The lowest BCUT2D eigenvalue weighted by Gasteiger charge is -2.36. The standard InChI is InChI=1S/C43H53F2N3O8S.CH4/c1-26-38-30(31-19-32(44)33(45)20-34(31)46-26)14-15-42(56-38)22-35-36(49)23-43(40(52)47-57(53,54)41(2)16-17-41)21-29(43)13-7-5-3-4-6-12-28(39(51)48(35)25-42)18-37(50)55-24-27-10-8-9-11-27;/h7,13,19-20,27-29,35H,3-6,8-12,14-18,21-25H2,1-2H3,(H,47,52);1H4/b13-7-;/t28-,29-,35+,42-,43-;/m1./s1. The van der Waals surface area contributed by atoms with Crippen molar-refractivity contribution < 1.29 is 45.9 Å². The Morgan fingerprint density at radius 2 is 1.74 bits per heavy atom. The number of Topliss-reactive ketones (excluding diaryl/α,β-unsaturated/α-hetero) is 1. The van der Waals surface area contributed by atoms with Gasteiger partial charge in [-0.1, -0.05) is 45.3 Å². The van der Waals surface area contributed by atoms with Gasteiger partial charge in [0.15, 0.2) is 17.4 Å². The molecule has 1 N–H and O–H groups in total. The minimum Gasteiger partial charge on any atom is -0.483 e.